The molecular formula is C28H19BrFN3O3S. The lowest BCUT2D eigenvalue weighted by Gasteiger charge is -2.29. The third-order valence-corrected chi connectivity index (χ3v) is 6.40. The molecule has 0 atom stereocenters. The van der Waals surface area contributed by atoms with E-state index in [1.54, 1.807) is 36.4 Å². The fourth-order valence-corrected chi connectivity index (χ4v) is 4.71. The minimum absolute atomic E-state index is 0.0571. The van der Waals surface area contributed by atoms with Crippen molar-refractivity contribution in [1.82, 2.24) is 5.32 Å². The van der Waals surface area contributed by atoms with Crippen molar-refractivity contribution in [2.45, 2.75) is 13.0 Å². The summed E-state index contributed by atoms with van der Waals surface area (Å²) in [7, 11) is 0. The molecule has 2 amide bonds. The zero-order valence-corrected chi connectivity index (χ0v) is 21.7. The summed E-state index contributed by atoms with van der Waals surface area (Å²) in [6.07, 6.45) is 3.56. The molecule has 37 heavy (non-hydrogen) atoms. The average molecular weight is 576 g/mol. The van der Waals surface area contributed by atoms with E-state index in [1.807, 2.05) is 12.1 Å². The number of hydrogen-bond acceptors (Lipinski definition) is 5. The minimum Gasteiger partial charge on any atom is -0.487 e. The van der Waals surface area contributed by atoms with Crippen LogP contribution in [-0.4, -0.2) is 16.9 Å². The number of carbonyl (C=O) groups excluding carboxylic acids is 2. The van der Waals surface area contributed by atoms with Gasteiger partial charge in [0.15, 0.2) is 5.11 Å². The van der Waals surface area contributed by atoms with Crippen LogP contribution < -0.4 is 15.0 Å². The van der Waals surface area contributed by atoms with E-state index in [1.165, 1.54) is 24.3 Å². The molecule has 3 aromatic rings. The molecule has 0 saturated carbocycles. The number of nitrogens with zero attached hydrogens (tertiary/aromatic N) is 2. The normalized spacial score (nSPS) is 14.4. The van der Waals surface area contributed by atoms with Crippen LogP contribution in [0.1, 0.15) is 22.3 Å². The summed E-state index contributed by atoms with van der Waals surface area (Å²) < 4.78 is 21.1. The van der Waals surface area contributed by atoms with Crippen LogP contribution in [0.5, 0.6) is 5.75 Å². The number of rotatable bonds is 7. The van der Waals surface area contributed by atoms with Gasteiger partial charge in [-0.15, -0.1) is 6.58 Å². The molecule has 0 bridgehead atoms. The average Bonchev–Trinajstić information content (AvgIpc) is 2.87. The number of hydrogen-bond donors (Lipinski definition) is 1. The Morgan fingerprint density at radius 1 is 1.14 bits per heavy atom. The predicted molar refractivity (Wildman–Crippen MR) is 146 cm³/mol. The molecule has 1 aliphatic rings. The largest absolute Gasteiger partial charge is 0.487 e. The van der Waals surface area contributed by atoms with Crippen molar-refractivity contribution in [3.63, 3.8) is 0 Å². The highest BCUT2D eigenvalue weighted by molar-refractivity contribution is 9.10. The Balaban J connectivity index is 1.69. The maximum Gasteiger partial charge on any atom is 0.270 e. The summed E-state index contributed by atoms with van der Waals surface area (Å²) in [6, 6.07) is 18.4. The van der Waals surface area contributed by atoms with Crippen LogP contribution >= 0.6 is 28.1 Å². The topological polar surface area (TPSA) is 82.4 Å². The van der Waals surface area contributed by atoms with Gasteiger partial charge in [-0.3, -0.25) is 14.9 Å². The molecule has 184 valence electrons. The Bertz CT molecular complexity index is 1510. The van der Waals surface area contributed by atoms with Crippen LogP contribution in [0.25, 0.3) is 6.08 Å². The van der Waals surface area contributed by atoms with Gasteiger partial charge in [-0.05, 0) is 82.1 Å². The second-order valence-electron chi connectivity index (χ2n) is 7.95. The molecule has 0 radical (unpaired) electrons. The van der Waals surface area contributed by atoms with Crippen LogP contribution in [0.4, 0.5) is 10.1 Å². The minimum atomic E-state index is -0.742. The van der Waals surface area contributed by atoms with Gasteiger partial charge in [0.05, 0.1) is 21.8 Å². The number of halogens is 2. The fraction of sp³-hybridized carbons (Fsp3) is 0.0714. The predicted octanol–water partition coefficient (Wildman–Crippen LogP) is 5.60. The van der Waals surface area contributed by atoms with Gasteiger partial charge in [-0.2, -0.15) is 5.26 Å². The quantitative estimate of drug-likeness (QED) is 0.172. The highest BCUT2D eigenvalue weighted by Gasteiger charge is 2.35. The Morgan fingerprint density at radius 2 is 1.86 bits per heavy atom. The Kier molecular flexibility index (Phi) is 7.92. The Labute approximate surface area is 226 Å². The van der Waals surface area contributed by atoms with E-state index in [2.05, 4.69) is 33.9 Å². The number of benzene rings is 3. The first-order valence-electron chi connectivity index (χ1n) is 11.0. The van der Waals surface area contributed by atoms with Crippen molar-refractivity contribution >= 4 is 56.8 Å². The summed E-state index contributed by atoms with van der Waals surface area (Å²) in [5.74, 6) is -1.53. The fourth-order valence-electron chi connectivity index (χ4n) is 3.81. The Morgan fingerprint density at radius 3 is 2.59 bits per heavy atom. The van der Waals surface area contributed by atoms with Gasteiger partial charge in [-0.1, -0.05) is 36.4 Å². The monoisotopic (exact) mass is 575 g/mol. The number of ether oxygens (including phenoxy) is 1. The van der Waals surface area contributed by atoms with Crippen LogP contribution in [-0.2, 0) is 22.6 Å². The van der Waals surface area contributed by atoms with E-state index >= 15 is 0 Å². The van der Waals surface area contributed by atoms with Gasteiger partial charge in [0.1, 0.15) is 23.7 Å². The second kappa shape index (κ2) is 11.3. The standard InChI is InChI=1S/C28H19BrFN3O3S/c1-2-7-18-12-17(14-22(29)25(18)36-16-20-9-4-3-8-19(20)15-31)13-21-26(34)32-28(37)33(27(21)35)24-11-6-5-10-23(24)30/h2-6,8-14H,1,7,16H2,(H,32,34,37)/b21-13+. The third kappa shape index (κ3) is 5.50. The summed E-state index contributed by atoms with van der Waals surface area (Å²) >= 11 is 8.66. The molecule has 0 aliphatic carbocycles. The number of allylic oxidation sites excluding steroid dienone is 1. The molecule has 0 unspecified atom stereocenters. The molecule has 9 heteroatoms. The molecule has 0 aromatic heterocycles. The number of para-hydroxylation sites is 1. The smallest absolute Gasteiger partial charge is 0.270 e. The molecule has 6 nitrogen and oxygen atoms in total. The maximum absolute atomic E-state index is 14.4. The van der Waals surface area contributed by atoms with Crippen LogP contribution in [0.2, 0.25) is 0 Å². The van der Waals surface area contributed by atoms with Crippen molar-refractivity contribution in [2.75, 3.05) is 4.90 Å². The SMILES string of the molecule is C=CCc1cc(/C=C2\C(=O)NC(=S)N(c3ccccc3F)C2=O)cc(Br)c1OCc1ccccc1C#N. The van der Waals surface area contributed by atoms with Crippen LogP contribution in [0.3, 0.4) is 0 Å². The van der Waals surface area contributed by atoms with E-state index < -0.39 is 17.6 Å². The molecular weight excluding hydrogens is 557 g/mol. The summed E-state index contributed by atoms with van der Waals surface area (Å²) in [5, 5.41) is 11.6. The van der Waals surface area contributed by atoms with Gasteiger partial charge in [0.25, 0.3) is 11.8 Å². The van der Waals surface area contributed by atoms with E-state index in [4.69, 9.17) is 17.0 Å². The first kappa shape index (κ1) is 25.9. The molecule has 3 aromatic carbocycles. The lowest BCUT2D eigenvalue weighted by molar-refractivity contribution is -0.122. The van der Waals surface area contributed by atoms with Gasteiger partial charge in [0, 0.05) is 5.56 Å². The van der Waals surface area contributed by atoms with Gasteiger partial charge in [-0.25, -0.2) is 9.29 Å². The first-order chi connectivity index (χ1) is 17.8. The zero-order valence-electron chi connectivity index (χ0n) is 19.3. The van der Waals surface area contributed by atoms with E-state index in [0.29, 0.717) is 27.8 Å². The lowest BCUT2D eigenvalue weighted by Crippen LogP contribution is -2.54. The molecule has 1 aliphatic heterocycles. The number of anilines is 1. The van der Waals surface area contributed by atoms with Gasteiger partial charge in [0.2, 0.25) is 0 Å². The molecule has 1 fully saturated rings. The summed E-state index contributed by atoms with van der Waals surface area (Å²) in [5.41, 5.74) is 2.28. The molecule has 1 heterocycles. The van der Waals surface area contributed by atoms with Crippen molar-refractivity contribution in [1.29, 1.82) is 5.26 Å². The van der Waals surface area contributed by atoms with Crippen molar-refractivity contribution in [2.24, 2.45) is 0 Å². The number of carbonyl (C=O) groups is 2. The number of amides is 2. The molecule has 0 spiro atoms. The van der Waals surface area contributed by atoms with E-state index in [-0.39, 0.29) is 23.0 Å². The molecule has 1 saturated heterocycles. The zero-order chi connectivity index (χ0) is 26.5. The van der Waals surface area contributed by atoms with Crippen LogP contribution in [0, 0.1) is 17.1 Å². The number of nitrogens with one attached hydrogen (secondary N) is 1. The maximum atomic E-state index is 14.4. The number of nitriles is 1. The highest BCUT2D eigenvalue weighted by Crippen LogP contribution is 2.34. The van der Waals surface area contributed by atoms with Gasteiger partial charge >= 0.3 is 0 Å². The Hall–Kier alpha value is -4.13. The van der Waals surface area contributed by atoms with Crippen molar-refractivity contribution < 1.29 is 18.7 Å². The number of thiocarbonyl (C=S) groups is 1. The van der Waals surface area contributed by atoms with E-state index in [0.717, 1.165) is 16.0 Å². The third-order valence-electron chi connectivity index (χ3n) is 5.52. The summed E-state index contributed by atoms with van der Waals surface area (Å²) in [4.78, 5) is 26.9. The van der Waals surface area contributed by atoms with Crippen molar-refractivity contribution in [3.8, 4) is 11.8 Å². The highest BCUT2D eigenvalue weighted by atomic mass is 79.9. The molecule has 4 rings (SSSR count). The second-order valence-corrected chi connectivity index (χ2v) is 9.19. The van der Waals surface area contributed by atoms with Gasteiger partial charge < -0.3 is 4.74 Å². The van der Waals surface area contributed by atoms with Crippen molar-refractivity contribution in [3.05, 3.63) is 111 Å². The van der Waals surface area contributed by atoms with E-state index in [9.17, 15) is 19.2 Å². The van der Waals surface area contributed by atoms with Crippen LogP contribution in [0.15, 0.2) is 83.4 Å². The first-order valence-corrected chi connectivity index (χ1v) is 12.2. The summed E-state index contributed by atoms with van der Waals surface area (Å²) in [6.45, 7) is 3.97. The molecule has 1 N–H and O–H groups in total. The lowest BCUT2D eigenvalue weighted by atomic mass is 10.0.